The van der Waals surface area contributed by atoms with Gasteiger partial charge in [0.15, 0.2) is 0 Å². The van der Waals surface area contributed by atoms with E-state index in [9.17, 15) is 28.7 Å². The van der Waals surface area contributed by atoms with Crippen LogP contribution in [-0.2, 0) is 20.9 Å². The number of carboxylic acids is 1. The van der Waals surface area contributed by atoms with Crippen LogP contribution in [0.15, 0.2) is 78.9 Å². The second kappa shape index (κ2) is 14.9. The Labute approximate surface area is 225 Å². The normalized spacial score (nSPS) is 11.2. The van der Waals surface area contributed by atoms with E-state index in [1.807, 2.05) is 42.5 Å². The van der Waals surface area contributed by atoms with Crippen molar-refractivity contribution in [3.05, 3.63) is 95.8 Å². The average Bonchev–Trinajstić information content (AvgIpc) is 2.94. The monoisotopic (exact) mass is 534 g/mol. The molecule has 0 fully saturated rings. The molecule has 0 aliphatic rings. The van der Waals surface area contributed by atoms with E-state index < -0.39 is 23.9 Å². The zero-order valence-corrected chi connectivity index (χ0v) is 21.3. The minimum atomic E-state index is -1.06. The van der Waals surface area contributed by atoms with Crippen molar-refractivity contribution < 1.29 is 28.7 Å². The summed E-state index contributed by atoms with van der Waals surface area (Å²) in [5, 5.41) is 19.7. The molecule has 0 aromatic heterocycles. The molecule has 0 radical (unpaired) electrons. The summed E-state index contributed by atoms with van der Waals surface area (Å²) >= 11 is 0. The Kier molecular flexibility index (Phi) is 11.0. The van der Waals surface area contributed by atoms with Gasteiger partial charge in [-0.3, -0.25) is 14.4 Å². The molecule has 0 spiro atoms. The smallest absolute Gasteiger partial charge is 0.315 e. The first-order valence-electron chi connectivity index (χ1n) is 12.5. The first kappa shape index (κ1) is 28.8. The lowest BCUT2D eigenvalue weighted by Crippen LogP contribution is -2.39. The van der Waals surface area contributed by atoms with Crippen molar-refractivity contribution in [2.45, 2.75) is 31.8 Å². The van der Waals surface area contributed by atoms with Gasteiger partial charge in [0.2, 0.25) is 11.8 Å². The molecule has 0 bridgehead atoms. The Morgan fingerprint density at radius 3 is 2.10 bits per heavy atom. The molecule has 5 N–H and O–H groups in total. The summed E-state index contributed by atoms with van der Waals surface area (Å²) in [7, 11) is 0. The van der Waals surface area contributed by atoms with Crippen LogP contribution in [0.1, 0.15) is 36.4 Å². The van der Waals surface area contributed by atoms with Crippen molar-refractivity contribution in [3.8, 4) is 11.1 Å². The number of hydrogen-bond donors (Lipinski definition) is 5. The summed E-state index contributed by atoms with van der Waals surface area (Å²) in [6.07, 6.45) is 0.136. The zero-order chi connectivity index (χ0) is 28.0. The molecule has 3 aromatic carbocycles. The summed E-state index contributed by atoms with van der Waals surface area (Å²) in [5.74, 6) is -2.31. The number of urea groups is 1. The summed E-state index contributed by atoms with van der Waals surface area (Å²) in [4.78, 5) is 47.7. The van der Waals surface area contributed by atoms with Crippen molar-refractivity contribution in [3.63, 3.8) is 0 Å². The maximum atomic E-state index is 12.9. The standard InChI is InChI=1S/C29H31FN4O5/c30-24-14-8-20(9-15-24)18-33-29(39)31-16-4-7-26(35)32-19-27(36)34-25(17-28(37)38)23-12-10-22(11-13-23)21-5-2-1-3-6-21/h1-3,5-6,8-15,25H,4,7,16-19H2,(H,32,35)(H,34,36)(H,37,38)(H2,31,33,39). The van der Waals surface area contributed by atoms with Crippen molar-refractivity contribution in [2.75, 3.05) is 13.1 Å². The Balaban J connectivity index is 1.37. The van der Waals surface area contributed by atoms with Crippen LogP contribution in [0.4, 0.5) is 9.18 Å². The van der Waals surface area contributed by atoms with Gasteiger partial charge in [-0.25, -0.2) is 9.18 Å². The van der Waals surface area contributed by atoms with E-state index >= 15 is 0 Å². The first-order valence-corrected chi connectivity index (χ1v) is 12.5. The van der Waals surface area contributed by atoms with Crippen molar-refractivity contribution >= 4 is 23.8 Å². The van der Waals surface area contributed by atoms with Gasteiger partial charge in [0, 0.05) is 19.5 Å². The molecule has 39 heavy (non-hydrogen) atoms. The number of benzene rings is 3. The number of nitrogens with one attached hydrogen (secondary N) is 4. The first-order chi connectivity index (χ1) is 18.8. The fraction of sp³-hybridized carbons (Fsp3) is 0.241. The molecule has 0 saturated heterocycles. The van der Waals surface area contributed by atoms with Gasteiger partial charge >= 0.3 is 12.0 Å². The predicted molar refractivity (Wildman–Crippen MR) is 144 cm³/mol. The second-order valence-electron chi connectivity index (χ2n) is 8.82. The number of carbonyl (C=O) groups is 4. The van der Waals surface area contributed by atoms with Crippen LogP contribution in [0.25, 0.3) is 11.1 Å². The third-order valence-corrected chi connectivity index (χ3v) is 5.81. The number of amides is 4. The molecule has 0 aliphatic heterocycles. The largest absolute Gasteiger partial charge is 0.481 e. The second-order valence-corrected chi connectivity index (χ2v) is 8.82. The van der Waals surface area contributed by atoms with E-state index in [0.29, 0.717) is 12.0 Å². The number of aliphatic carboxylic acids is 1. The van der Waals surface area contributed by atoms with Crippen LogP contribution in [0.5, 0.6) is 0 Å². The Hall–Kier alpha value is -4.73. The fourth-order valence-corrected chi connectivity index (χ4v) is 3.78. The lowest BCUT2D eigenvalue weighted by atomic mass is 9.99. The van der Waals surface area contributed by atoms with Crippen LogP contribution in [0, 0.1) is 5.82 Å². The van der Waals surface area contributed by atoms with Gasteiger partial charge in [0.05, 0.1) is 19.0 Å². The molecular weight excluding hydrogens is 503 g/mol. The minimum absolute atomic E-state index is 0.0883. The SMILES string of the molecule is O=C(O)CC(NC(=O)CNC(=O)CCCNC(=O)NCc1ccc(F)cc1)c1ccc(-c2ccccc2)cc1. The molecule has 4 amide bonds. The molecule has 9 nitrogen and oxygen atoms in total. The lowest BCUT2D eigenvalue weighted by molar-refractivity contribution is -0.138. The fourth-order valence-electron chi connectivity index (χ4n) is 3.78. The molecule has 0 heterocycles. The van der Waals surface area contributed by atoms with Crippen LogP contribution < -0.4 is 21.3 Å². The molecule has 0 saturated carbocycles. The summed E-state index contributed by atoms with van der Waals surface area (Å²) in [5.41, 5.74) is 3.37. The van der Waals surface area contributed by atoms with E-state index in [4.69, 9.17) is 0 Å². The quantitative estimate of drug-likeness (QED) is 0.214. The third kappa shape index (κ3) is 10.3. The highest BCUT2D eigenvalue weighted by Crippen LogP contribution is 2.23. The van der Waals surface area contributed by atoms with Crippen LogP contribution in [0.3, 0.4) is 0 Å². The molecule has 0 aliphatic carbocycles. The van der Waals surface area contributed by atoms with Gasteiger partial charge in [0.25, 0.3) is 0 Å². The molecule has 3 aromatic rings. The van der Waals surface area contributed by atoms with E-state index in [1.165, 1.54) is 12.1 Å². The highest BCUT2D eigenvalue weighted by molar-refractivity contribution is 5.85. The number of rotatable bonds is 13. The van der Waals surface area contributed by atoms with E-state index in [1.54, 1.807) is 24.3 Å². The Morgan fingerprint density at radius 2 is 1.44 bits per heavy atom. The van der Waals surface area contributed by atoms with E-state index in [2.05, 4.69) is 21.3 Å². The van der Waals surface area contributed by atoms with Crippen LogP contribution in [0.2, 0.25) is 0 Å². The van der Waals surface area contributed by atoms with Gasteiger partial charge in [0.1, 0.15) is 5.82 Å². The minimum Gasteiger partial charge on any atom is -0.481 e. The van der Waals surface area contributed by atoms with Gasteiger partial charge in [-0.2, -0.15) is 0 Å². The van der Waals surface area contributed by atoms with Gasteiger partial charge in [-0.15, -0.1) is 0 Å². The maximum Gasteiger partial charge on any atom is 0.315 e. The number of carboxylic acid groups (broad SMARTS) is 1. The molecule has 3 rings (SSSR count). The number of halogens is 1. The van der Waals surface area contributed by atoms with Gasteiger partial charge in [-0.1, -0.05) is 66.7 Å². The topological polar surface area (TPSA) is 137 Å². The van der Waals surface area contributed by atoms with Crippen molar-refractivity contribution in [1.29, 1.82) is 0 Å². The zero-order valence-electron chi connectivity index (χ0n) is 21.3. The summed E-state index contributed by atoms with van der Waals surface area (Å²) < 4.78 is 12.9. The van der Waals surface area contributed by atoms with E-state index in [0.717, 1.165) is 16.7 Å². The highest BCUT2D eigenvalue weighted by Gasteiger charge is 2.18. The molecule has 1 unspecified atom stereocenters. The highest BCUT2D eigenvalue weighted by atomic mass is 19.1. The third-order valence-electron chi connectivity index (χ3n) is 5.81. The average molecular weight is 535 g/mol. The summed E-state index contributed by atoms with van der Waals surface area (Å²) in [6.45, 7) is 0.179. The van der Waals surface area contributed by atoms with Crippen molar-refractivity contribution in [1.82, 2.24) is 21.3 Å². The Morgan fingerprint density at radius 1 is 0.769 bits per heavy atom. The lowest BCUT2D eigenvalue weighted by Gasteiger charge is -2.18. The van der Waals surface area contributed by atoms with E-state index in [-0.39, 0.29) is 44.2 Å². The maximum absolute atomic E-state index is 12.9. The Bertz CT molecular complexity index is 1250. The van der Waals surface area contributed by atoms with Crippen molar-refractivity contribution in [2.24, 2.45) is 0 Å². The molecule has 10 heteroatoms. The number of hydrogen-bond acceptors (Lipinski definition) is 4. The van der Waals surface area contributed by atoms with Crippen LogP contribution >= 0.6 is 0 Å². The predicted octanol–water partition coefficient (Wildman–Crippen LogP) is 3.52. The molecular formula is C29H31FN4O5. The number of carbonyl (C=O) groups excluding carboxylic acids is 3. The van der Waals surface area contributed by atoms with Crippen LogP contribution in [-0.4, -0.2) is 42.0 Å². The van der Waals surface area contributed by atoms with Gasteiger partial charge in [-0.05, 0) is 40.8 Å². The summed E-state index contributed by atoms with van der Waals surface area (Å²) in [6, 6.07) is 21.6. The molecule has 1 atom stereocenters. The van der Waals surface area contributed by atoms with Gasteiger partial charge < -0.3 is 26.4 Å². The molecule has 204 valence electrons.